The Balaban J connectivity index is 2.27. The Labute approximate surface area is 155 Å². The number of rotatable bonds is 5. The van der Waals surface area contributed by atoms with E-state index in [1.807, 2.05) is 50.2 Å². The highest BCUT2D eigenvalue weighted by atomic mass is 79.9. The second-order valence-electron chi connectivity index (χ2n) is 5.41. The minimum absolute atomic E-state index is 0.102. The summed E-state index contributed by atoms with van der Waals surface area (Å²) in [6.45, 7) is 4.48. The maximum Gasteiger partial charge on any atom is 0.119 e. The number of hydrogen-bond acceptors (Lipinski definition) is 3. The number of nitrogens with zero attached hydrogens (tertiary/aromatic N) is 1. The molecule has 0 saturated heterocycles. The smallest absolute Gasteiger partial charge is 0.119 e. The van der Waals surface area contributed by atoms with Gasteiger partial charge >= 0.3 is 0 Å². The second-order valence-corrected chi connectivity index (χ2v) is 6.77. The molecule has 0 saturated carbocycles. The molecule has 0 aliphatic carbocycles. The van der Waals surface area contributed by atoms with Gasteiger partial charge in [-0.15, -0.1) is 0 Å². The number of thiocarbonyl (C=S) groups is 1. The maximum absolute atomic E-state index is 9.13. The normalized spacial score (nSPS) is 11.0. The predicted molar refractivity (Wildman–Crippen MR) is 105 cm³/mol. The first-order valence-electron chi connectivity index (χ1n) is 7.31. The molecule has 0 aliphatic rings. The van der Waals surface area contributed by atoms with Crippen LogP contribution >= 0.6 is 28.1 Å². The summed E-state index contributed by atoms with van der Waals surface area (Å²) in [6, 6.07) is 13.8. The number of halogens is 1. The molecule has 0 amide bonds. The van der Waals surface area contributed by atoms with Gasteiger partial charge in [-0.25, -0.2) is 0 Å². The van der Waals surface area contributed by atoms with E-state index in [0.717, 1.165) is 32.5 Å². The molecule has 0 atom stereocenters. The van der Waals surface area contributed by atoms with Gasteiger partial charge in [-0.3, -0.25) is 0 Å². The van der Waals surface area contributed by atoms with Crippen molar-refractivity contribution < 1.29 is 4.74 Å². The highest BCUT2D eigenvalue weighted by molar-refractivity contribution is 9.10. The summed E-state index contributed by atoms with van der Waals surface area (Å²) in [7, 11) is 0. The Kier molecular flexibility index (Phi) is 6.13. The molecule has 3 nitrogen and oxygen atoms in total. The average molecular weight is 401 g/mol. The summed E-state index contributed by atoms with van der Waals surface area (Å²) in [5.41, 5.74) is 10.0. The molecule has 0 bridgehead atoms. The summed E-state index contributed by atoms with van der Waals surface area (Å²) >= 11 is 8.30. The Morgan fingerprint density at radius 3 is 2.50 bits per heavy atom. The van der Waals surface area contributed by atoms with Crippen LogP contribution < -0.4 is 10.5 Å². The standard InChI is InChI=1S/C19H17BrN2OS/c1-12-7-13(2)16(9-14(12)8-15(10-21)19(22)24)11-23-18-5-3-17(20)4-6-18/h3-9H,11H2,1-2H3,(H2,22,24). The van der Waals surface area contributed by atoms with E-state index in [4.69, 9.17) is 28.0 Å². The fraction of sp³-hybridized carbons (Fsp3) is 0.158. The van der Waals surface area contributed by atoms with Gasteiger partial charge in [0.15, 0.2) is 0 Å². The molecule has 0 aromatic heterocycles. The zero-order valence-electron chi connectivity index (χ0n) is 13.5. The van der Waals surface area contributed by atoms with Crippen molar-refractivity contribution in [1.29, 1.82) is 5.26 Å². The van der Waals surface area contributed by atoms with Gasteiger partial charge in [0.2, 0.25) is 0 Å². The molecular formula is C19H17BrN2OS. The van der Waals surface area contributed by atoms with Crippen molar-refractivity contribution in [2.45, 2.75) is 20.5 Å². The zero-order valence-corrected chi connectivity index (χ0v) is 15.9. The van der Waals surface area contributed by atoms with Crippen LogP contribution in [-0.4, -0.2) is 4.99 Å². The van der Waals surface area contributed by atoms with E-state index in [2.05, 4.69) is 22.0 Å². The minimum Gasteiger partial charge on any atom is -0.489 e. The van der Waals surface area contributed by atoms with Crippen LogP contribution in [0, 0.1) is 25.2 Å². The van der Waals surface area contributed by atoms with E-state index in [9.17, 15) is 0 Å². The molecule has 0 unspecified atom stereocenters. The van der Waals surface area contributed by atoms with Crippen LogP contribution in [0.1, 0.15) is 22.3 Å². The van der Waals surface area contributed by atoms with Crippen molar-refractivity contribution in [2.24, 2.45) is 5.73 Å². The van der Waals surface area contributed by atoms with Gasteiger partial charge in [0, 0.05) is 4.47 Å². The minimum atomic E-state index is 0.102. The Hall–Kier alpha value is -2.16. The van der Waals surface area contributed by atoms with Crippen molar-refractivity contribution in [1.82, 2.24) is 0 Å². The Morgan fingerprint density at radius 1 is 1.25 bits per heavy atom. The number of ether oxygens (including phenoxy) is 1. The first-order valence-corrected chi connectivity index (χ1v) is 8.51. The highest BCUT2D eigenvalue weighted by Crippen LogP contribution is 2.22. The largest absolute Gasteiger partial charge is 0.489 e. The van der Waals surface area contributed by atoms with Gasteiger partial charge in [-0.05, 0) is 72.5 Å². The number of nitrogens with two attached hydrogens (primary N) is 1. The second kappa shape index (κ2) is 8.09. The Morgan fingerprint density at radius 2 is 1.92 bits per heavy atom. The van der Waals surface area contributed by atoms with E-state index < -0.39 is 0 Å². The SMILES string of the molecule is Cc1cc(C)c(COc2ccc(Br)cc2)cc1C=C(C#N)C(N)=S. The fourth-order valence-electron chi connectivity index (χ4n) is 2.23. The molecule has 24 heavy (non-hydrogen) atoms. The molecule has 0 aliphatic heterocycles. The van der Waals surface area contributed by atoms with Gasteiger partial charge in [-0.2, -0.15) is 5.26 Å². The van der Waals surface area contributed by atoms with Crippen molar-refractivity contribution in [3.8, 4) is 11.8 Å². The molecule has 2 aromatic carbocycles. The molecule has 0 heterocycles. The monoisotopic (exact) mass is 400 g/mol. The number of benzene rings is 2. The van der Waals surface area contributed by atoms with Gasteiger partial charge in [-0.1, -0.05) is 34.2 Å². The van der Waals surface area contributed by atoms with Crippen LogP contribution in [-0.2, 0) is 6.61 Å². The first-order chi connectivity index (χ1) is 11.4. The van der Waals surface area contributed by atoms with Crippen LogP contribution in [0.15, 0.2) is 46.4 Å². The molecular weight excluding hydrogens is 384 g/mol. The predicted octanol–water partition coefficient (Wildman–Crippen LogP) is 4.84. The maximum atomic E-state index is 9.13. The lowest BCUT2D eigenvalue weighted by molar-refractivity contribution is 0.305. The number of nitriles is 1. The molecule has 2 rings (SSSR count). The third kappa shape index (κ3) is 4.67. The summed E-state index contributed by atoms with van der Waals surface area (Å²) in [4.78, 5) is 0.102. The fourth-order valence-corrected chi connectivity index (χ4v) is 2.60. The average Bonchev–Trinajstić information content (AvgIpc) is 2.54. The molecule has 0 spiro atoms. The van der Waals surface area contributed by atoms with Gasteiger partial charge in [0.1, 0.15) is 23.4 Å². The van der Waals surface area contributed by atoms with Crippen LogP contribution in [0.3, 0.4) is 0 Å². The van der Waals surface area contributed by atoms with Crippen LogP contribution in [0.2, 0.25) is 0 Å². The van der Waals surface area contributed by atoms with E-state index in [-0.39, 0.29) is 4.99 Å². The molecule has 2 N–H and O–H groups in total. The lowest BCUT2D eigenvalue weighted by Gasteiger charge is -2.12. The third-order valence-electron chi connectivity index (χ3n) is 3.62. The number of hydrogen-bond donors (Lipinski definition) is 1. The Bertz CT molecular complexity index is 836. The van der Waals surface area contributed by atoms with Gasteiger partial charge in [0.25, 0.3) is 0 Å². The summed E-state index contributed by atoms with van der Waals surface area (Å²) in [6.07, 6.45) is 1.72. The summed E-state index contributed by atoms with van der Waals surface area (Å²) in [5, 5.41) is 9.13. The molecule has 0 radical (unpaired) electrons. The molecule has 2 aromatic rings. The van der Waals surface area contributed by atoms with E-state index >= 15 is 0 Å². The third-order valence-corrected chi connectivity index (χ3v) is 4.37. The van der Waals surface area contributed by atoms with Crippen molar-refractivity contribution in [3.05, 3.63) is 68.7 Å². The van der Waals surface area contributed by atoms with E-state index in [0.29, 0.717) is 12.2 Å². The lowest BCUT2D eigenvalue weighted by atomic mass is 9.98. The topological polar surface area (TPSA) is 59.0 Å². The first kappa shape index (κ1) is 18.2. The summed E-state index contributed by atoms with van der Waals surface area (Å²) < 4.78 is 6.85. The van der Waals surface area contributed by atoms with E-state index in [1.165, 1.54) is 0 Å². The van der Waals surface area contributed by atoms with Crippen LogP contribution in [0.4, 0.5) is 0 Å². The molecule has 122 valence electrons. The van der Waals surface area contributed by atoms with Crippen molar-refractivity contribution >= 4 is 39.2 Å². The quantitative estimate of drug-likeness (QED) is 0.443. The van der Waals surface area contributed by atoms with Gasteiger partial charge in [0.05, 0.1) is 5.57 Å². The highest BCUT2D eigenvalue weighted by Gasteiger charge is 2.07. The van der Waals surface area contributed by atoms with Crippen LogP contribution in [0.5, 0.6) is 5.75 Å². The lowest BCUT2D eigenvalue weighted by Crippen LogP contribution is -2.10. The molecule has 0 fully saturated rings. The van der Waals surface area contributed by atoms with Gasteiger partial charge < -0.3 is 10.5 Å². The van der Waals surface area contributed by atoms with Crippen molar-refractivity contribution in [2.75, 3.05) is 0 Å². The zero-order chi connectivity index (χ0) is 17.7. The molecule has 5 heteroatoms. The van der Waals surface area contributed by atoms with E-state index in [1.54, 1.807) is 6.08 Å². The number of aryl methyl sites for hydroxylation is 2. The van der Waals surface area contributed by atoms with Crippen molar-refractivity contribution in [3.63, 3.8) is 0 Å². The summed E-state index contributed by atoms with van der Waals surface area (Å²) in [5.74, 6) is 0.802. The van der Waals surface area contributed by atoms with Crippen LogP contribution in [0.25, 0.3) is 6.08 Å².